The quantitative estimate of drug-likeness (QED) is 0.764. The van der Waals surface area contributed by atoms with Gasteiger partial charge in [0.25, 0.3) is 0 Å². The molecule has 2 rings (SSSR count). The highest BCUT2D eigenvalue weighted by Crippen LogP contribution is 2.16. The zero-order valence-corrected chi connectivity index (χ0v) is 12.7. The second-order valence-electron chi connectivity index (χ2n) is 5.62. The van der Waals surface area contributed by atoms with Crippen LogP contribution in [0.4, 0.5) is 5.69 Å². The van der Waals surface area contributed by atoms with Gasteiger partial charge in [0.05, 0.1) is 6.10 Å². The fourth-order valence-electron chi connectivity index (χ4n) is 2.40. The van der Waals surface area contributed by atoms with Crippen molar-refractivity contribution in [3.8, 4) is 0 Å². The van der Waals surface area contributed by atoms with E-state index in [1.165, 1.54) is 11.1 Å². The van der Waals surface area contributed by atoms with Gasteiger partial charge in [-0.05, 0) is 37.5 Å². The van der Waals surface area contributed by atoms with E-state index in [4.69, 9.17) is 5.73 Å². The Hall–Kier alpha value is -1.84. The minimum atomic E-state index is -0.578. The summed E-state index contributed by atoms with van der Waals surface area (Å²) in [7, 11) is 0. The molecule has 0 saturated heterocycles. The molecular weight excluding hydrogens is 260 g/mol. The molecular formula is C18H24N2O. The van der Waals surface area contributed by atoms with E-state index < -0.39 is 6.10 Å². The zero-order chi connectivity index (χ0) is 15.2. The number of aliphatic hydroxyl groups excluding tert-OH is 1. The van der Waals surface area contributed by atoms with Crippen LogP contribution in [0, 0.1) is 13.8 Å². The Morgan fingerprint density at radius 1 is 1.10 bits per heavy atom. The fraction of sp³-hybridized carbons (Fsp3) is 0.333. The van der Waals surface area contributed by atoms with E-state index >= 15 is 0 Å². The standard InChI is InChI=1S/C18H24N2O/c1-13-8-9-17(14(2)10-13)20-12-18(21)16(19)11-15-6-4-3-5-7-15/h3-10,16,18,20-21H,11-12,19H2,1-2H3/t16-,18+/m0/s1. The maximum absolute atomic E-state index is 10.2. The van der Waals surface area contributed by atoms with Crippen LogP contribution >= 0.6 is 0 Å². The Kier molecular flexibility index (Phi) is 5.37. The van der Waals surface area contributed by atoms with Crippen LogP contribution in [0.3, 0.4) is 0 Å². The third-order valence-electron chi connectivity index (χ3n) is 3.69. The Labute approximate surface area is 126 Å². The zero-order valence-electron chi connectivity index (χ0n) is 12.7. The first kappa shape index (κ1) is 15.5. The van der Waals surface area contributed by atoms with Crippen LogP contribution < -0.4 is 11.1 Å². The minimum absolute atomic E-state index is 0.273. The molecule has 0 spiro atoms. The number of rotatable bonds is 6. The van der Waals surface area contributed by atoms with Gasteiger partial charge in [0, 0.05) is 18.3 Å². The van der Waals surface area contributed by atoms with Gasteiger partial charge in [-0.3, -0.25) is 0 Å². The maximum atomic E-state index is 10.2. The van der Waals surface area contributed by atoms with E-state index in [1.807, 2.05) is 36.4 Å². The molecule has 21 heavy (non-hydrogen) atoms. The molecule has 3 nitrogen and oxygen atoms in total. The number of anilines is 1. The summed E-state index contributed by atoms with van der Waals surface area (Å²) in [4.78, 5) is 0. The molecule has 0 heterocycles. The lowest BCUT2D eigenvalue weighted by Crippen LogP contribution is -2.41. The normalized spacial score (nSPS) is 13.7. The summed E-state index contributed by atoms with van der Waals surface area (Å²) in [5.41, 5.74) is 10.7. The van der Waals surface area contributed by atoms with Gasteiger partial charge >= 0.3 is 0 Å². The van der Waals surface area contributed by atoms with Gasteiger partial charge < -0.3 is 16.2 Å². The lowest BCUT2D eigenvalue weighted by Gasteiger charge is -2.20. The van der Waals surface area contributed by atoms with Crippen LogP contribution in [0.2, 0.25) is 0 Å². The van der Waals surface area contributed by atoms with Crippen LogP contribution in [-0.2, 0) is 6.42 Å². The molecule has 0 saturated carbocycles. The molecule has 112 valence electrons. The van der Waals surface area contributed by atoms with E-state index in [0.717, 1.165) is 11.3 Å². The fourth-order valence-corrected chi connectivity index (χ4v) is 2.40. The lowest BCUT2D eigenvalue weighted by molar-refractivity contribution is 0.156. The highest BCUT2D eigenvalue weighted by Gasteiger charge is 2.15. The lowest BCUT2D eigenvalue weighted by atomic mass is 10.0. The van der Waals surface area contributed by atoms with Gasteiger partial charge in [0.2, 0.25) is 0 Å². The monoisotopic (exact) mass is 284 g/mol. The molecule has 0 aromatic heterocycles. The first-order chi connectivity index (χ1) is 10.1. The number of aliphatic hydroxyl groups is 1. The average Bonchev–Trinajstić information content (AvgIpc) is 2.47. The van der Waals surface area contributed by atoms with Crippen LogP contribution in [-0.4, -0.2) is 23.8 Å². The smallest absolute Gasteiger partial charge is 0.0866 e. The summed E-state index contributed by atoms with van der Waals surface area (Å²) in [6, 6.07) is 16.0. The molecule has 0 aliphatic carbocycles. The molecule has 4 N–H and O–H groups in total. The SMILES string of the molecule is Cc1ccc(NC[C@@H](O)[C@@H](N)Cc2ccccc2)c(C)c1. The Morgan fingerprint density at radius 2 is 1.81 bits per heavy atom. The van der Waals surface area contributed by atoms with Crippen molar-refractivity contribution in [1.82, 2.24) is 0 Å². The van der Waals surface area contributed by atoms with Gasteiger partial charge in [-0.25, -0.2) is 0 Å². The molecule has 0 aliphatic rings. The van der Waals surface area contributed by atoms with Crippen molar-refractivity contribution in [1.29, 1.82) is 0 Å². The molecule has 0 unspecified atom stereocenters. The second kappa shape index (κ2) is 7.25. The van der Waals surface area contributed by atoms with E-state index in [9.17, 15) is 5.11 Å². The molecule has 0 radical (unpaired) electrons. The third kappa shape index (κ3) is 4.59. The van der Waals surface area contributed by atoms with Crippen molar-refractivity contribution in [3.05, 3.63) is 65.2 Å². The van der Waals surface area contributed by atoms with E-state index in [2.05, 4.69) is 31.3 Å². The Balaban J connectivity index is 1.87. The van der Waals surface area contributed by atoms with Crippen LogP contribution in [0.5, 0.6) is 0 Å². The van der Waals surface area contributed by atoms with Crippen LogP contribution in [0.15, 0.2) is 48.5 Å². The largest absolute Gasteiger partial charge is 0.390 e. The van der Waals surface area contributed by atoms with E-state index in [1.54, 1.807) is 0 Å². The highest BCUT2D eigenvalue weighted by atomic mass is 16.3. The van der Waals surface area contributed by atoms with Crippen molar-refractivity contribution in [2.24, 2.45) is 5.73 Å². The molecule has 0 amide bonds. The summed E-state index contributed by atoms with van der Waals surface area (Å²) in [5, 5.41) is 13.5. The van der Waals surface area contributed by atoms with E-state index in [0.29, 0.717) is 13.0 Å². The molecule has 2 aromatic carbocycles. The highest BCUT2D eigenvalue weighted by molar-refractivity contribution is 5.52. The number of hydrogen-bond donors (Lipinski definition) is 3. The summed E-state index contributed by atoms with van der Waals surface area (Å²) >= 11 is 0. The second-order valence-corrected chi connectivity index (χ2v) is 5.62. The Morgan fingerprint density at radius 3 is 2.48 bits per heavy atom. The number of hydrogen-bond acceptors (Lipinski definition) is 3. The number of aryl methyl sites for hydroxylation is 2. The number of benzene rings is 2. The number of nitrogens with one attached hydrogen (secondary N) is 1. The molecule has 2 aromatic rings. The molecule has 2 atom stereocenters. The van der Waals surface area contributed by atoms with Gasteiger partial charge in [0.1, 0.15) is 0 Å². The molecule has 3 heteroatoms. The topological polar surface area (TPSA) is 58.3 Å². The van der Waals surface area contributed by atoms with Crippen molar-refractivity contribution in [2.45, 2.75) is 32.4 Å². The van der Waals surface area contributed by atoms with Crippen molar-refractivity contribution in [3.63, 3.8) is 0 Å². The Bertz CT molecular complexity index is 569. The molecule has 0 bridgehead atoms. The van der Waals surface area contributed by atoms with Crippen molar-refractivity contribution < 1.29 is 5.11 Å². The summed E-state index contributed by atoms with van der Waals surface area (Å²) in [5.74, 6) is 0. The summed E-state index contributed by atoms with van der Waals surface area (Å²) < 4.78 is 0. The van der Waals surface area contributed by atoms with Crippen LogP contribution in [0.25, 0.3) is 0 Å². The number of nitrogens with two attached hydrogens (primary N) is 1. The van der Waals surface area contributed by atoms with Gasteiger partial charge in [0.15, 0.2) is 0 Å². The third-order valence-corrected chi connectivity index (χ3v) is 3.69. The molecule has 0 aliphatic heterocycles. The first-order valence-corrected chi connectivity index (χ1v) is 7.35. The molecule has 0 fully saturated rings. The van der Waals surface area contributed by atoms with Crippen molar-refractivity contribution in [2.75, 3.05) is 11.9 Å². The minimum Gasteiger partial charge on any atom is -0.390 e. The maximum Gasteiger partial charge on any atom is 0.0866 e. The van der Waals surface area contributed by atoms with Gasteiger partial charge in [-0.15, -0.1) is 0 Å². The summed E-state index contributed by atoms with van der Waals surface area (Å²) in [6.45, 7) is 4.59. The predicted octanol–water partition coefficient (Wildman–Crippen LogP) is 2.65. The van der Waals surface area contributed by atoms with E-state index in [-0.39, 0.29) is 6.04 Å². The van der Waals surface area contributed by atoms with Crippen molar-refractivity contribution >= 4 is 5.69 Å². The van der Waals surface area contributed by atoms with Crippen LogP contribution in [0.1, 0.15) is 16.7 Å². The van der Waals surface area contributed by atoms with Gasteiger partial charge in [-0.1, -0.05) is 48.0 Å². The van der Waals surface area contributed by atoms with Gasteiger partial charge in [-0.2, -0.15) is 0 Å². The average molecular weight is 284 g/mol. The predicted molar refractivity (Wildman–Crippen MR) is 88.5 cm³/mol. The summed E-state index contributed by atoms with van der Waals surface area (Å²) in [6.07, 6.45) is 0.0993. The first-order valence-electron chi connectivity index (χ1n) is 7.35.